The Balaban J connectivity index is 2.81. The van der Waals surface area contributed by atoms with Crippen LogP contribution in [0.3, 0.4) is 0 Å². The molecule has 0 amide bonds. The van der Waals surface area contributed by atoms with Crippen molar-refractivity contribution in [1.82, 2.24) is 0 Å². The van der Waals surface area contributed by atoms with Crippen LogP contribution in [0.15, 0.2) is 18.2 Å². The molecule has 0 saturated carbocycles. The number of benzene rings is 1. The van der Waals surface area contributed by atoms with Crippen LogP contribution in [0.1, 0.15) is 12.0 Å². The van der Waals surface area contributed by atoms with Crippen LogP contribution in [-0.2, 0) is 0 Å². The number of phenolic OH excluding ortho intramolecular Hbond substituents is 1. The Labute approximate surface area is 83.2 Å². The van der Waals surface area contributed by atoms with Crippen molar-refractivity contribution in [3.8, 4) is 17.6 Å². The highest BCUT2D eigenvalue weighted by Gasteiger charge is 1.95. The molecule has 0 spiro atoms. The average molecular weight is 193 g/mol. The summed E-state index contributed by atoms with van der Waals surface area (Å²) in [5.41, 5.74) is 6.58. The van der Waals surface area contributed by atoms with E-state index in [1.165, 1.54) is 0 Å². The lowest BCUT2D eigenvalue weighted by Gasteiger charge is -1.97. The third-order valence-corrected chi connectivity index (χ3v) is 1.72. The molecule has 0 aliphatic carbocycles. The van der Waals surface area contributed by atoms with Gasteiger partial charge in [0.25, 0.3) is 0 Å². The Bertz CT molecular complexity index is 352. The summed E-state index contributed by atoms with van der Waals surface area (Å²) in [6, 6.07) is 4.97. The van der Waals surface area contributed by atoms with Gasteiger partial charge in [-0.25, -0.2) is 0 Å². The summed E-state index contributed by atoms with van der Waals surface area (Å²) in [6.07, 6.45) is 0.744. The Morgan fingerprint density at radius 3 is 2.85 bits per heavy atom. The van der Waals surface area contributed by atoms with Gasteiger partial charge in [-0.1, -0.05) is 11.8 Å². The number of hydrogen-bond donors (Lipinski definition) is 3. The topological polar surface area (TPSA) is 46.2 Å². The zero-order valence-electron chi connectivity index (χ0n) is 7.12. The van der Waals surface area contributed by atoms with E-state index in [-0.39, 0.29) is 5.75 Å². The molecule has 0 bridgehead atoms. The summed E-state index contributed by atoms with van der Waals surface area (Å²) in [6.45, 7) is 0. The lowest BCUT2D eigenvalue weighted by Crippen LogP contribution is -1.85. The second-order valence-corrected chi connectivity index (χ2v) is 3.00. The molecule has 68 valence electrons. The molecule has 0 heterocycles. The maximum atomic E-state index is 9.25. The number of nitrogens with two attached hydrogens (primary N) is 1. The molecule has 0 aromatic heterocycles. The van der Waals surface area contributed by atoms with Gasteiger partial charge in [-0.05, 0) is 18.2 Å². The highest BCUT2D eigenvalue weighted by Crippen LogP contribution is 2.19. The van der Waals surface area contributed by atoms with Crippen molar-refractivity contribution in [3.63, 3.8) is 0 Å². The molecule has 0 aliphatic rings. The largest absolute Gasteiger partial charge is 0.506 e. The van der Waals surface area contributed by atoms with E-state index in [0.717, 1.165) is 17.7 Å². The van der Waals surface area contributed by atoms with Crippen LogP contribution >= 0.6 is 12.6 Å². The SMILES string of the molecule is Nc1ccc(C#CCCS)cc1O. The number of rotatable bonds is 1. The second kappa shape index (κ2) is 4.68. The normalized spacial score (nSPS) is 9.00. The van der Waals surface area contributed by atoms with Crippen molar-refractivity contribution in [2.24, 2.45) is 0 Å². The lowest BCUT2D eigenvalue weighted by molar-refractivity contribution is 0.478. The van der Waals surface area contributed by atoms with Crippen LogP contribution in [-0.4, -0.2) is 10.9 Å². The Kier molecular flexibility index (Phi) is 3.53. The van der Waals surface area contributed by atoms with Crippen molar-refractivity contribution in [1.29, 1.82) is 0 Å². The maximum absolute atomic E-state index is 9.25. The molecule has 13 heavy (non-hydrogen) atoms. The summed E-state index contributed by atoms with van der Waals surface area (Å²) in [7, 11) is 0. The standard InChI is InChI=1S/C10H11NOS/c11-9-5-4-8(7-10(9)12)3-1-2-6-13/h4-5,7,12-13H,2,6,11H2. The van der Waals surface area contributed by atoms with E-state index in [1.54, 1.807) is 18.2 Å². The fraction of sp³-hybridized carbons (Fsp3) is 0.200. The zero-order valence-corrected chi connectivity index (χ0v) is 8.01. The molecule has 1 rings (SSSR count). The van der Waals surface area contributed by atoms with Crippen LogP contribution in [0.25, 0.3) is 0 Å². The van der Waals surface area contributed by atoms with Crippen molar-refractivity contribution in [3.05, 3.63) is 23.8 Å². The van der Waals surface area contributed by atoms with Gasteiger partial charge in [0.1, 0.15) is 5.75 Å². The van der Waals surface area contributed by atoms with Gasteiger partial charge in [0.05, 0.1) is 5.69 Å². The minimum Gasteiger partial charge on any atom is -0.506 e. The van der Waals surface area contributed by atoms with Gasteiger partial charge in [0.2, 0.25) is 0 Å². The first-order valence-corrected chi connectivity index (χ1v) is 4.55. The molecule has 2 nitrogen and oxygen atoms in total. The predicted octanol–water partition coefficient (Wildman–Crippen LogP) is 1.65. The highest BCUT2D eigenvalue weighted by molar-refractivity contribution is 7.80. The van der Waals surface area contributed by atoms with Gasteiger partial charge in [-0.15, -0.1) is 0 Å². The second-order valence-electron chi connectivity index (χ2n) is 2.55. The van der Waals surface area contributed by atoms with Gasteiger partial charge in [0.15, 0.2) is 0 Å². The molecule has 1 aromatic rings. The zero-order chi connectivity index (χ0) is 9.68. The van der Waals surface area contributed by atoms with Crippen LogP contribution in [0.5, 0.6) is 5.75 Å². The minimum atomic E-state index is 0.0812. The number of nitrogen functional groups attached to an aromatic ring is 1. The molecule has 0 saturated heterocycles. The predicted molar refractivity (Wildman–Crippen MR) is 57.9 cm³/mol. The summed E-state index contributed by atoms with van der Waals surface area (Å²) in [4.78, 5) is 0. The van der Waals surface area contributed by atoms with E-state index in [0.29, 0.717) is 5.69 Å². The third-order valence-electron chi connectivity index (χ3n) is 1.50. The fourth-order valence-corrected chi connectivity index (χ4v) is 0.954. The molecule has 0 atom stereocenters. The van der Waals surface area contributed by atoms with E-state index in [2.05, 4.69) is 24.5 Å². The summed E-state index contributed by atoms with van der Waals surface area (Å²) < 4.78 is 0. The quantitative estimate of drug-likeness (QED) is 0.275. The first kappa shape index (κ1) is 9.82. The van der Waals surface area contributed by atoms with E-state index in [4.69, 9.17) is 5.73 Å². The molecule has 3 heteroatoms. The first-order valence-electron chi connectivity index (χ1n) is 3.92. The Morgan fingerprint density at radius 2 is 2.23 bits per heavy atom. The molecule has 3 N–H and O–H groups in total. The Morgan fingerprint density at radius 1 is 1.46 bits per heavy atom. The van der Waals surface area contributed by atoms with Gasteiger partial charge in [0, 0.05) is 17.7 Å². The maximum Gasteiger partial charge on any atom is 0.139 e. The van der Waals surface area contributed by atoms with Gasteiger partial charge in [-0.2, -0.15) is 12.6 Å². The van der Waals surface area contributed by atoms with Gasteiger partial charge >= 0.3 is 0 Å². The Hall–Kier alpha value is -1.27. The van der Waals surface area contributed by atoms with E-state index in [9.17, 15) is 5.11 Å². The molecule has 0 radical (unpaired) electrons. The summed E-state index contributed by atoms with van der Waals surface area (Å²) in [5, 5.41) is 9.25. The van der Waals surface area contributed by atoms with Crippen molar-refractivity contribution in [2.75, 3.05) is 11.5 Å². The fourth-order valence-electron chi connectivity index (χ4n) is 0.842. The third kappa shape index (κ3) is 2.92. The molecule has 0 fully saturated rings. The first-order chi connectivity index (χ1) is 6.24. The monoisotopic (exact) mass is 193 g/mol. The van der Waals surface area contributed by atoms with E-state index >= 15 is 0 Å². The molecular formula is C10H11NOS. The molecule has 0 unspecified atom stereocenters. The van der Waals surface area contributed by atoms with E-state index in [1.807, 2.05) is 0 Å². The van der Waals surface area contributed by atoms with Crippen molar-refractivity contribution in [2.45, 2.75) is 6.42 Å². The van der Waals surface area contributed by atoms with Gasteiger partial charge in [-0.3, -0.25) is 0 Å². The smallest absolute Gasteiger partial charge is 0.139 e. The van der Waals surface area contributed by atoms with Crippen LogP contribution < -0.4 is 5.73 Å². The molecule has 0 aliphatic heterocycles. The van der Waals surface area contributed by atoms with E-state index < -0.39 is 0 Å². The van der Waals surface area contributed by atoms with Crippen LogP contribution in [0.2, 0.25) is 0 Å². The van der Waals surface area contributed by atoms with Gasteiger partial charge < -0.3 is 10.8 Å². The average Bonchev–Trinajstić information content (AvgIpc) is 2.12. The summed E-state index contributed by atoms with van der Waals surface area (Å²) >= 11 is 4.03. The minimum absolute atomic E-state index is 0.0812. The summed E-state index contributed by atoms with van der Waals surface area (Å²) in [5.74, 6) is 6.64. The van der Waals surface area contributed by atoms with Crippen molar-refractivity contribution < 1.29 is 5.11 Å². The number of hydrogen-bond acceptors (Lipinski definition) is 3. The number of anilines is 1. The molecular weight excluding hydrogens is 182 g/mol. The number of aromatic hydroxyl groups is 1. The number of phenols is 1. The number of thiol groups is 1. The lowest BCUT2D eigenvalue weighted by atomic mass is 10.2. The van der Waals surface area contributed by atoms with Crippen molar-refractivity contribution >= 4 is 18.3 Å². The highest BCUT2D eigenvalue weighted by atomic mass is 32.1. The molecule has 1 aromatic carbocycles. The van der Waals surface area contributed by atoms with Crippen LogP contribution in [0.4, 0.5) is 5.69 Å². The van der Waals surface area contributed by atoms with Crippen LogP contribution in [0, 0.1) is 11.8 Å².